The molecule has 0 spiro atoms. The summed E-state index contributed by atoms with van der Waals surface area (Å²) in [5, 5.41) is 0. The van der Waals surface area contributed by atoms with Crippen molar-refractivity contribution in [3.05, 3.63) is 60.2 Å². The topological polar surface area (TPSA) is 0 Å². The molecule has 100 valence electrons. The van der Waals surface area contributed by atoms with Crippen molar-refractivity contribution in [2.45, 2.75) is 31.5 Å². The van der Waals surface area contributed by atoms with Crippen LogP contribution in [0.5, 0.6) is 0 Å². The zero-order chi connectivity index (χ0) is 13.7. The van der Waals surface area contributed by atoms with Crippen LogP contribution in [-0.2, 0) is 0 Å². The monoisotopic (exact) mass is 316 g/mol. The minimum Gasteiger partial charge on any atom is -0.0839 e. The fraction of sp³-hybridized carbons (Fsp3) is 0.333. The highest BCUT2D eigenvalue weighted by Gasteiger charge is 2.11. The first-order chi connectivity index (χ1) is 9.20. The molecule has 0 N–H and O–H groups in total. The van der Waals surface area contributed by atoms with Crippen LogP contribution >= 0.6 is 15.9 Å². The molecule has 0 aromatic heterocycles. The summed E-state index contributed by atoms with van der Waals surface area (Å²) in [6, 6.07) is 19.4. The highest BCUT2D eigenvalue weighted by atomic mass is 79.9. The van der Waals surface area contributed by atoms with Gasteiger partial charge >= 0.3 is 0 Å². The summed E-state index contributed by atoms with van der Waals surface area (Å²) in [4.78, 5) is 0.465. The molecule has 0 nitrogen and oxygen atoms in total. The predicted octanol–water partition coefficient (Wildman–Crippen LogP) is 6.23. The highest BCUT2D eigenvalue weighted by Crippen LogP contribution is 2.32. The minimum absolute atomic E-state index is 0.465. The van der Waals surface area contributed by atoms with E-state index in [-0.39, 0.29) is 0 Å². The van der Waals surface area contributed by atoms with Crippen molar-refractivity contribution < 1.29 is 0 Å². The van der Waals surface area contributed by atoms with Gasteiger partial charge in [-0.1, -0.05) is 90.8 Å². The van der Waals surface area contributed by atoms with E-state index in [9.17, 15) is 0 Å². The van der Waals surface area contributed by atoms with E-state index in [0.717, 1.165) is 5.92 Å². The van der Waals surface area contributed by atoms with Crippen molar-refractivity contribution in [2.75, 3.05) is 0 Å². The van der Waals surface area contributed by atoms with Crippen LogP contribution in [0.1, 0.15) is 37.1 Å². The van der Waals surface area contributed by atoms with E-state index in [1.54, 1.807) is 0 Å². The third-order valence-electron chi connectivity index (χ3n) is 3.69. The zero-order valence-corrected chi connectivity index (χ0v) is 13.2. The lowest BCUT2D eigenvalue weighted by molar-refractivity contribution is 0.514. The van der Waals surface area contributed by atoms with E-state index >= 15 is 0 Å². The summed E-state index contributed by atoms with van der Waals surface area (Å²) in [6.07, 6.45) is 2.44. The third kappa shape index (κ3) is 3.94. The van der Waals surface area contributed by atoms with Gasteiger partial charge in [-0.3, -0.25) is 0 Å². The molecule has 2 aromatic carbocycles. The number of hydrogen-bond acceptors (Lipinski definition) is 0. The summed E-state index contributed by atoms with van der Waals surface area (Å²) in [5.41, 5.74) is 3.94. The smallest absolute Gasteiger partial charge is 0.0397 e. The second-order valence-electron chi connectivity index (χ2n) is 5.20. The number of halogens is 1. The Bertz CT molecular complexity index is 487. The van der Waals surface area contributed by atoms with Crippen molar-refractivity contribution in [3.63, 3.8) is 0 Å². The zero-order valence-electron chi connectivity index (χ0n) is 11.6. The normalized spacial score (nSPS) is 14.1. The summed E-state index contributed by atoms with van der Waals surface area (Å²) in [7, 11) is 0. The first kappa shape index (κ1) is 14.3. The fourth-order valence-electron chi connectivity index (χ4n) is 2.17. The van der Waals surface area contributed by atoms with E-state index in [4.69, 9.17) is 0 Å². The Balaban J connectivity index is 2.10. The van der Waals surface area contributed by atoms with Gasteiger partial charge in [0.2, 0.25) is 0 Å². The molecular formula is C18H21Br. The molecule has 19 heavy (non-hydrogen) atoms. The van der Waals surface area contributed by atoms with Gasteiger partial charge < -0.3 is 0 Å². The average Bonchev–Trinajstić information content (AvgIpc) is 2.48. The maximum atomic E-state index is 3.81. The number of rotatable bonds is 5. The maximum absolute atomic E-state index is 3.81. The Kier molecular flexibility index (Phi) is 5.21. The summed E-state index contributed by atoms with van der Waals surface area (Å²) in [6.45, 7) is 4.56. The fourth-order valence-corrected chi connectivity index (χ4v) is 3.11. The quantitative estimate of drug-likeness (QED) is 0.574. The Labute approximate surface area is 125 Å². The molecule has 2 atom stereocenters. The molecule has 0 heterocycles. The predicted molar refractivity (Wildman–Crippen MR) is 87.6 cm³/mol. The molecule has 1 heteroatoms. The van der Waals surface area contributed by atoms with E-state index in [1.807, 2.05) is 0 Å². The maximum Gasteiger partial charge on any atom is 0.0397 e. The van der Waals surface area contributed by atoms with Crippen molar-refractivity contribution in [2.24, 2.45) is 5.92 Å². The Morgan fingerprint density at radius 3 is 2.05 bits per heavy atom. The van der Waals surface area contributed by atoms with Gasteiger partial charge in [0.1, 0.15) is 0 Å². The van der Waals surface area contributed by atoms with Crippen molar-refractivity contribution in [1.82, 2.24) is 0 Å². The second-order valence-corrected chi connectivity index (χ2v) is 6.31. The second kappa shape index (κ2) is 6.91. The first-order valence-electron chi connectivity index (χ1n) is 7.00. The van der Waals surface area contributed by atoms with Crippen LogP contribution in [0, 0.1) is 5.92 Å². The highest BCUT2D eigenvalue weighted by molar-refractivity contribution is 9.09. The van der Waals surface area contributed by atoms with Crippen molar-refractivity contribution in [1.29, 1.82) is 0 Å². The molecule has 0 bridgehead atoms. The molecule has 2 unspecified atom stereocenters. The summed E-state index contributed by atoms with van der Waals surface area (Å²) in [5.74, 6) is 0.762. The molecule has 2 rings (SSSR count). The Morgan fingerprint density at radius 2 is 1.47 bits per heavy atom. The van der Waals surface area contributed by atoms with Gasteiger partial charge in [-0.2, -0.15) is 0 Å². The average molecular weight is 317 g/mol. The van der Waals surface area contributed by atoms with Crippen LogP contribution < -0.4 is 0 Å². The van der Waals surface area contributed by atoms with E-state index in [0.29, 0.717) is 4.83 Å². The standard InChI is InChI=1S/C18H21Br/c1-3-14(2)13-18(19)17-11-9-16(10-12-17)15-7-5-4-6-8-15/h4-12,14,18H,3,13H2,1-2H3. The van der Waals surface area contributed by atoms with Crippen molar-refractivity contribution in [3.8, 4) is 11.1 Å². The molecule has 0 fully saturated rings. The lowest BCUT2D eigenvalue weighted by atomic mass is 9.97. The van der Waals surface area contributed by atoms with Crippen LogP contribution in [0.15, 0.2) is 54.6 Å². The van der Waals surface area contributed by atoms with Gasteiger partial charge in [0.15, 0.2) is 0 Å². The lowest BCUT2D eigenvalue weighted by Crippen LogP contribution is -1.98. The van der Waals surface area contributed by atoms with Gasteiger partial charge in [0, 0.05) is 4.83 Å². The van der Waals surface area contributed by atoms with Crippen LogP contribution in [0.25, 0.3) is 11.1 Å². The van der Waals surface area contributed by atoms with Crippen LogP contribution in [0.2, 0.25) is 0 Å². The largest absolute Gasteiger partial charge is 0.0839 e. The van der Waals surface area contributed by atoms with Crippen LogP contribution in [0.4, 0.5) is 0 Å². The SMILES string of the molecule is CCC(C)CC(Br)c1ccc(-c2ccccc2)cc1. The van der Waals surface area contributed by atoms with Gasteiger partial charge in [-0.05, 0) is 29.0 Å². The Hall–Kier alpha value is -1.08. The summed E-state index contributed by atoms with van der Waals surface area (Å²) >= 11 is 3.81. The number of hydrogen-bond donors (Lipinski definition) is 0. The molecular weight excluding hydrogens is 296 g/mol. The Morgan fingerprint density at radius 1 is 0.895 bits per heavy atom. The van der Waals surface area contributed by atoms with E-state index < -0.39 is 0 Å². The number of alkyl halides is 1. The number of benzene rings is 2. The van der Waals surface area contributed by atoms with E-state index in [1.165, 1.54) is 29.5 Å². The molecule has 0 aliphatic carbocycles. The summed E-state index contributed by atoms with van der Waals surface area (Å²) < 4.78 is 0. The molecule has 2 aromatic rings. The van der Waals surface area contributed by atoms with Gasteiger partial charge in [-0.15, -0.1) is 0 Å². The molecule has 0 saturated heterocycles. The van der Waals surface area contributed by atoms with Crippen LogP contribution in [-0.4, -0.2) is 0 Å². The first-order valence-corrected chi connectivity index (χ1v) is 7.91. The molecule has 0 aliphatic rings. The molecule has 0 radical (unpaired) electrons. The molecule has 0 amide bonds. The lowest BCUT2D eigenvalue weighted by Gasteiger charge is -2.15. The van der Waals surface area contributed by atoms with Crippen molar-refractivity contribution >= 4 is 15.9 Å². The van der Waals surface area contributed by atoms with Gasteiger partial charge in [0.25, 0.3) is 0 Å². The van der Waals surface area contributed by atoms with Gasteiger partial charge in [0.05, 0.1) is 0 Å². The minimum atomic E-state index is 0.465. The molecule has 0 aliphatic heterocycles. The molecule has 0 saturated carbocycles. The third-order valence-corrected chi connectivity index (χ3v) is 4.59. The van der Waals surface area contributed by atoms with Crippen LogP contribution in [0.3, 0.4) is 0 Å². The van der Waals surface area contributed by atoms with E-state index in [2.05, 4.69) is 84.4 Å². The van der Waals surface area contributed by atoms with Gasteiger partial charge in [-0.25, -0.2) is 0 Å².